The van der Waals surface area contributed by atoms with Crippen LogP contribution in [0.2, 0.25) is 0 Å². The van der Waals surface area contributed by atoms with Crippen molar-refractivity contribution in [2.24, 2.45) is 0 Å². The lowest BCUT2D eigenvalue weighted by Crippen LogP contribution is -1.93. The Hall–Kier alpha value is -6.58. The predicted octanol–water partition coefficient (Wildman–Crippen LogP) is 12.4. The molecule has 3 nitrogen and oxygen atoms in total. The Bertz CT molecular complexity index is 2530. The van der Waals surface area contributed by atoms with E-state index in [1.54, 1.807) is 0 Å². The first-order valence-corrected chi connectivity index (χ1v) is 16.5. The molecule has 0 radical (unpaired) electrons. The zero-order chi connectivity index (χ0) is 32.6. The lowest BCUT2D eigenvalue weighted by molar-refractivity contribution is 0.602. The maximum Gasteiger partial charge on any atom is 0.181 e. The van der Waals surface area contributed by atoms with Gasteiger partial charge in [0, 0.05) is 11.1 Å². The molecule has 0 aliphatic heterocycles. The molecule has 49 heavy (non-hydrogen) atoms. The zero-order valence-electron chi connectivity index (χ0n) is 26.6. The molecule has 230 valence electrons. The van der Waals surface area contributed by atoms with E-state index in [0.29, 0.717) is 0 Å². The first kappa shape index (κ1) is 28.6. The lowest BCUT2D eigenvalue weighted by Gasteiger charge is -2.18. The van der Waals surface area contributed by atoms with Gasteiger partial charge in [-0.05, 0) is 79.5 Å². The maximum atomic E-state index is 5.69. The summed E-state index contributed by atoms with van der Waals surface area (Å²) in [5.74, 6) is 0. The summed E-state index contributed by atoms with van der Waals surface area (Å²) in [6.45, 7) is 0. The van der Waals surface area contributed by atoms with Crippen molar-refractivity contribution in [3.63, 3.8) is 0 Å². The number of oxazole rings is 1. The van der Waals surface area contributed by atoms with Crippen LogP contribution < -0.4 is 0 Å². The Balaban J connectivity index is 1.18. The molecule has 9 aromatic rings. The van der Waals surface area contributed by atoms with Crippen molar-refractivity contribution >= 4 is 21.9 Å². The molecular weight excluding hydrogens is 597 g/mol. The van der Waals surface area contributed by atoms with Crippen LogP contribution in [0.1, 0.15) is 0 Å². The summed E-state index contributed by atoms with van der Waals surface area (Å²) in [6, 6.07) is 62.1. The molecule has 0 aliphatic carbocycles. The van der Waals surface area contributed by atoms with Crippen LogP contribution in [-0.2, 0) is 0 Å². The SMILES string of the molecule is c1ccc(-c2cc(-c3ccccc3)nc(-c3ccc(-c4ccc5ccccc5c4-c4ccccc4-c4ccc5ncoc5c4)cc3)c2)cc1. The normalized spacial score (nSPS) is 11.3. The van der Waals surface area contributed by atoms with E-state index in [1.807, 2.05) is 12.1 Å². The third-order valence-corrected chi connectivity index (χ3v) is 9.26. The third-order valence-electron chi connectivity index (χ3n) is 9.26. The number of rotatable bonds is 6. The minimum absolute atomic E-state index is 0.779. The molecule has 9 rings (SSSR count). The number of hydrogen-bond acceptors (Lipinski definition) is 3. The lowest BCUT2D eigenvalue weighted by atomic mass is 9.86. The molecule has 0 spiro atoms. The van der Waals surface area contributed by atoms with Gasteiger partial charge in [-0.2, -0.15) is 0 Å². The van der Waals surface area contributed by atoms with E-state index in [0.717, 1.165) is 55.9 Å². The van der Waals surface area contributed by atoms with Crippen molar-refractivity contribution in [3.05, 3.63) is 182 Å². The van der Waals surface area contributed by atoms with E-state index in [2.05, 4.69) is 169 Å². The van der Waals surface area contributed by atoms with Gasteiger partial charge in [0.2, 0.25) is 0 Å². The fourth-order valence-corrected chi connectivity index (χ4v) is 6.83. The molecule has 0 N–H and O–H groups in total. The van der Waals surface area contributed by atoms with E-state index in [4.69, 9.17) is 9.40 Å². The standard InChI is InChI=1S/C46H30N2O/c1-3-11-31(12-4-1)37-27-43(34-14-5-2-6-15-34)48-44(28-37)35-21-19-33(20-22-35)40-25-23-32-13-7-8-17-39(32)46(40)41-18-10-9-16-38(41)36-24-26-42-45(29-36)49-30-47-42/h1-30H. The van der Waals surface area contributed by atoms with Gasteiger partial charge in [0.25, 0.3) is 0 Å². The van der Waals surface area contributed by atoms with E-state index in [1.165, 1.54) is 39.4 Å². The van der Waals surface area contributed by atoms with E-state index >= 15 is 0 Å². The second-order valence-corrected chi connectivity index (χ2v) is 12.2. The number of pyridine rings is 1. The van der Waals surface area contributed by atoms with Gasteiger partial charge in [0.1, 0.15) is 5.52 Å². The molecule has 3 heteroatoms. The number of benzene rings is 7. The van der Waals surface area contributed by atoms with Crippen molar-refractivity contribution in [2.75, 3.05) is 0 Å². The summed E-state index contributed by atoms with van der Waals surface area (Å²) in [7, 11) is 0. The molecule has 0 atom stereocenters. The van der Waals surface area contributed by atoms with E-state index in [9.17, 15) is 0 Å². The molecule has 0 bridgehead atoms. The number of nitrogens with zero attached hydrogens (tertiary/aromatic N) is 2. The summed E-state index contributed by atoms with van der Waals surface area (Å²) >= 11 is 0. The van der Waals surface area contributed by atoms with Gasteiger partial charge < -0.3 is 4.42 Å². The number of fused-ring (bicyclic) bond motifs is 2. The van der Waals surface area contributed by atoms with Crippen molar-refractivity contribution in [1.29, 1.82) is 0 Å². The Labute approximate surface area is 284 Å². The highest BCUT2D eigenvalue weighted by Gasteiger charge is 2.17. The molecule has 0 amide bonds. The van der Waals surface area contributed by atoms with Gasteiger partial charge in [-0.3, -0.25) is 0 Å². The molecule has 7 aromatic carbocycles. The van der Waals surface area contributed by atoms with Crippen LogP contribution in [0.4, 0.5) is 0 Å². The highest BCUT2D eigenvalue weighted by molar-refractivity contribution is 6.07. The predicted molar refractivity (Wildman–Crippen MR) is 202 cm³/mol. The van der Waals surface area contributed by atoms with Crippen LogP contribution in [0.15, 0.2) is 187 Å². The fourth-order valence-electron chi connectivity index (χ4n) is 6.83. The van der Waals surface area contributed by atoms with Crippen LogP contribution in [0, 0.1) is 0 Å². The number of aromatic nitrogens is 2. The smallest absolute Gasteiger partial charge is 0.181 e. The first-order valence-electron chi connectivity index (χ1n) is 16.5. The van der Waals surface area contributed by atoms with Gasteiger partial charge in [-0.25, -0.2) is 9.97 Å². The van der Waals surface area contributed by atoms with Gasteiger partial charge >= 0.3 is 0 Å². The third kappa shape index (κ3) is 5.38. The van der Waals surface area contributed by atoms with Crippen molar-refractivity contribution < 1.29 is 4.42 Å². The molecule has 0 unspecified atom stereocenters. The first-order chi connectivity index (χ1) is 24.3. The Morgan fingerprint density at radius 2 is 1.00 bits per heavy atom. The summed E-state index contributed by atoms with van der Waals surface area (Å²) in [5, 5.41) is 2.41. The summed E-state index contributed by atoms with van der Waals surface area (Å²) in [6.07, 6.45) is 1.50. The molecule has 0 saturated heterocycles. The van der Waals surface area contributed by atoms with Crippen LogP contribution >= 0.6 is 0 Å². The van der Waals surface area contributed by atoms with Gasteiger partial charge in [0.05, 0.1) is 11.4 Å². The summed E-state index contributed by atoms with van der Waals surface area (Å²) in [5.41, 5.74) is 14.9. The van der Waals surface area contributed by atoms with Gasteiger partial charge in [0.15, 0.2) is 12.0 Å². The Morgan fingerprint density at radius 3 is 1.78 bits per heavy atom. The highest BCUT2D eigenvalue weighted by Crippen LogP contribution is 2.43. The van der Waals surface area contributed by atoms with Crippen LogP contribution in [0.5, 0.6) is 0 Å². The van der Waals surface area contributed by atoms with Gasteiger partial charge in [-0.1, -0.05) is 152 Å². The van der Waals surface area contributed by atoms with E-state index in [-0.39, 0.29) is 0 Å². The molecule has 2 aromatic heterocycles. The second kappa shape index (κ2) is 12.2. The van der Waals surface area contributed by atoms with Crippen molar-refractivity contribution in [3.8, 4) is 67.0 Å². The number of hydrogen-bond donors (Lipinski definition) is 0. The van der Waals surface area contributed by atoms with Crippen LogP contribution in [-0.4, -0.2) is 9.97 Å². The van der Waals surface area contributed by atoms with Gasteiger partial charge in [-0.15, -0.1) is 0 Å². The molecule has 0 fully saturated rings. The minimum atomic E-state index is 0.779. The minimum Gasteiger partial charge on any atom is -0.443 e. The maximum absolute atomic E-state index is 5.69. The zero-order valence-corrected chi connectivity index (χ0v) is 26.6. The highest BCUT2D eigenvalue weighted by atomic mass is 16.3. The monoisotopic (exact) mass is 626 g/mol. The fraction of sp³-hybridized carbons (Fsp3) is 0. The van der Waals surface area contributed by atoms with Crippen molar-refractivity contribution in [2.45, 2.75) is 0 Å². The van der Waals surface area contributed by atoms with E-state index < -0.39 is 0 Å². The molecular formula is C46H30N2O. The molecule has 2 heterocycles. The Morgan fingerprint density at radius 1 is 0.388 bits per heavy atom. The average Bonchev–Trinajstić information content (AvgIpc) is 3.66. The average molecular weight is 627 g/mol. The Kier molecular flexibility index (Phi) is 7.14. The van der Waals surface area contributed by atoms with Crippen molar-refractivity contribution in [1.82, 2.24) is 9.97 Å². The molecule has 0 aliphatic rings. The largest absolute Gasteiger partial charge is 0.443 e. The molecule has 0 saturated carbocycles. The van der Waals surface area contributed by atoms with Crippen LogP contribution in [0.25, 0.3) is 88.9 Å². The van der Waals surface area contributed by atoms with Crippen LogP contribution in [0.3, 0.4) is 0 Å². The quantitative estimate of drug-likeness (QED) is 0.184. The summed E-state index contributed by atoms with van der Waals surface area (Å²) in [4.78, 5) is 9.49. The topological polar surface area (TPSA) is 38.9 Å². The summed E-state index contributed by atoms with van der Waals surface area (Å²) < 4.78 is 5.69. The second-order valence-electron chi connectivity index (χ2n) is 12.2.